The van der Waals surface area contributed by atoms with Gasteiger partial charge >= 0.3 is 0 Å². The van der Waals surface area contributed by atoms with Crippen LogP contribution in [0.25, 0.3) is 0 Å². The molecule has 1 saturated heterocycles. The summed E-state index contributed by atoms with van der Waals surface area (Å²) in [7, 11) is 0. The van der Waals surface area contributed by atoms with Crippen molar-refractivity contribution >= 4 is 0 Å². The quantitative estimate of drug-likeness (QED) is 0.644. The van der Waals surface area contributed by atoms with Crippen LogP contribution in [-0.4, -0.2) is 59.0 Å². The highest BCUT2D eigenvalue weighted by atomic mass is 17.3. The molecule has 4 unspecified atom stereocenters. The maximum atomic E-state index is 9.35. The van der Waals surface area contributed by atoms with Crippen molar-refractivity contribution in [2.45, 2.75) is 86.6 Å². The largest absolute Gasteiger partial charge is 0.394 e. The summed E-state index contributed by atoms with van der Waals surface area (Å²) in [5.41, 5.74) is -0.336. The molecule has 1 aliphatic heterocycles. The van der Waals surface area contributed by atoms with Crippen LogP contribution in [0.4, 0.5) is 0 Å². The molecular weight excluding hydrogens is 384 g/mol. The number of hydrogen-bond acceptors (Lipinski definition) is 6. The van der Waals surface area contributed by atoms with Gasteiger partial charge in [0.1, 0.15) is 11.2 Å². The smallest absolute Gasteiger partial charge is 0.142 e. The first-order valence-corrected chi connectivity index (χ1v) is 12.4. The molecule has 1 heterocycles. The highest BCUT2D eigenvalue weighted by molar-refractivity contribution is 5.29. The van der Waals surface area contributed by atoms with Gasteiger partial charge in [0.2, 0.25) is 0 Å². The normalized spacial score (nSPS) is 59.4. The van der Waals surface area contributed by atoms with E-state index in [2.05, 4.69) is 0 Å². The van der Waals surface area contributed by atoms with Gasteiger partial charge in [-0.25, -0.2) is 9.78 Å². The summed E-state index contributed by atoms with van der Waals surface area (Å²) < 4.78 is 12.6. The fourth-order valence-electron chi connectivity index (χ4n) is 10.5. The van der Waals surface area contributed by atoms with E-state index in [1.54, 1.807) is 0 Å². The Kier molecular flexibility index (Phi) is 3.98. The van der Waals surface area contributed by atoms with E-state index < -0.39 is 0 Å². The number of rotatable bonds is 6. The van der Waals surface area contributed by atoms with Crippen LogP contribution in [0.3, 0.4) is 0 Å². The van der Waals surface area contributed by atoms with Crippen molar-refractivity contribution in [1.29, 1.82) is 0 Å². The van der Waals surface area contributed by atoms with Gasteiger partial charge in [0.05, 0.1) is 37.6 Å². The monoisotopic (exact) mass is 420 g/mol. The van der Waals surface area contributed by atoms with Crippen LogP contribution >= 0.6 is 0 Å². The number of aliphatic hydroxyl groups excluding tert-OH is 2. The lowest BCUT2D eigenvalue weighted by atomic mass is 9.36. The Hall–Kier alpha value is -0.240. The summed E-state index contributed by atoms with van der Waals surface area (Å²) in [5.74, 6) is 3.55. The van der Waals surface area contributed by atoms with Gasteiger partial charge in [0.15, 0.2) is 0 Å². The summed E-state index contributed by atoms with van der Waals surface area (Å²) >= 11 is 0. The first-order chi connectivity index (χ1) is 14.6. The van der Waals surface area contributed by atoms with E-state index in [0.717, 1.165) is 50.4 Å². The van der Waals surface area contributed by atoms with E-state index in [-0.39, 0.29) is 35.6 Å². The van der Waals surface area contributed by atoms with Crippen molar-refractivity contribution in [2.75, 3.05) is 26.4 Å². The molecule has 2 N–H and O–H groups in total. The Morgan fingerprint density at radius 1 is 0.600 bits per heavy atom. The lowest BCUT2D eigenvalue weighted by molar-refractivity contribution is -0.618. The Bertz CT molecular complexity index is 630. The van der Waals surface area contributed by atoms with Crippen LogP contribution in [0.2, 0.25) is 0 Å². The molecule has 8 bridgehead atoms. The molecule has 8 saturated carbocycles. The van der Waals surface area contributed by atoms with E-state index in [1.807, 2.05) is 0 Å². The molecule has 6 nitrogen and oxygen atoms in total. The van der Waals surface area contributed by atoms with Gasteiger partial charge in [-0.2, -0.15) is 0 Å². The van der Waals surface area contributed by atoms with E-state index >= 15 is 0 Å². The number of hydrogen-bond donors (Lipinski definition) is 2. The van der Waals surface area contributed by atoms with Crippen LogP contribution in [0.5, 0.6) is 0 Å². The van der Waals surface area contributed by atoms with Crippen LogP contribution < -0.4 is 0 Å². The zero-order chi connectivity index (χ0) is 20.2. The second kappa shape index (κ2) is 6.21. The van der Waals surface area contributed by atoms with Gasteiger partial charge in [-0.15, -0.1) is 0 Å². The molecule has 4 atom stereocenters. The van der Waals surface area contributed by atoms with Gasteiger partial charge in [0, 0.05) is 0 Å². The molecule has 6 heteroatoms. The summed E-state index contributed by atoms with van der Waals surface area (Å²) in [6, 6.07) is 0. The van der Waals surface area contributed by atoms with E-state index in [4.69, 9.17) is 19.2 Å². The Morgan fingerprint density at radius 2 is 0.967 bits per heavy atom. The molecule has 0 amide bonds. The van der Waals surface area contributed by atoms with Gasteiger partial charge in [0.25, 0.3) is 0 Å². The van der Waals surface area contributed by atoms with Crippen molar-refractivity contribution in [3.63, 3.8) is 0 Å². The van der Waals surface area contributed by atoms with Crippen molar-refractivity contribution in [1.82, 2.24) is 0 Å². The summed E-state index contributed by atoms with van der Waals surface area (Å²) in [6.07, 6.45) is 11.6. The number of aliphatic hydroxyl groups is 2. The third-order valence-electron chi connectivity index (χ3n) is 10.6. The molecule has 0 radical (unpaired) electrons. The van der Waals surface area contributed by atoms with Gasteiger partial charge < -0.3 is 19.7 Å². The molecule has 0 aromatic heterocycles. The molecule has 8 aliphatic carbocycles. The average molecular weight is 421 g/mol. The van der Waals surface area contributed by atoms with E-state index in [0.29, 0.717) is 36.9 Å². The topological polar surface area (TPSA) is 77.4 Å². The van der Waals surface area contributed by atoms with Gasteiger partial charge in [-0.05, 0) is 99.7 Å². The van der Waals surface area contributed by atoms with Crippen LogP contribution in [0, 0.1) is 35.5 Å². The Balaban J connectivity index is 1.22. The zero-order valence-electron chi connectivity index (χ0n) is 17.9. The minimum Gasteiger partial charge on any atom is -0.394 e. The lowest BCUT2D eigenvalue weighted by Gasteiger charge is -2.78. The van der Waals surface area contributed by atoms with E-state index in [1.165, 1.54) is 25.7 Å². The fraction of sp³-hybridized carbons (Fsp3) is 1.00. The fourth-order valence-corrected chi connectivity index (χ4v) is 10.5. The Morgan fingerprint density at radius 3 is 1.27 bits per heavy atom. The highest BCUT2D eigenvalue weighted by Crippen LogP contribution is 2.76. The molecule has 2 spiro atoms. The first-order valence-electron chi connectivity index (χ1n) is 12.4. The van der Waals surface area contributed by atoms with Crippen LogP contribution in [0.1, 0.15) is 64.2 Å². The maximum absolute atomic E-state index is 9.35. The zero-order valence-corrected chi connectivity index (χ0v) is 17.9. The standard InChI is InChI=1S/C24H36O6/c25-1-3-27-21-9-15-5-17(11-21)23(18(6-15)12-21)24(30-29-23)19-7-16-8-20(24)14-22(10-16,13-19)28-4-2-26/h15-20,25-26H,1-14H2. The molecule has 9 rings (SSSR count). The van der Waals surface area contributed by atoms with E-state index in [9.17, 15) is 10.2 Å². The third kappa shape index (κ3) is 2.17. The Labute approximate surface area is 178 Å². The van der Waals surface area contributed by atoms with Crippen molar-refractivity contribution in [3.05, 3.63) is 0 Å². The lowest BCUT2D eigenvalue weighted by Crippen LogP contribution is -2.86. The predicted octanol–water partition coefficient (Wildman–Crippen LogP) is 2.60. The molecule has 9 aliphatic rings. The molecule has 168 valence electrons. The third-order valence-corrected chi connectivity index (χ3v) is 10.6. The van der Waals surface area contributed by atoms with Crippen molar-refractivity contribution in [3.8, 4) is 0 Å². The molecular formula is C24H36O6. The SMILES string of the molecule is OCCOC12CC3CC(C1)C1(OOC14C1CC5CC4CC(OCCO)(C5)C1)C(C3)C2. The van der Waals surface area contributed by atoms with Crippen molar-refractivity contribution in [2.24, 2.45) is 35.5 Å². The van der Waals surface area contributed by atoms with Crippen LogP contribution in [0.15, 0.2) is 0 Å². The summed E-state index contributed by atoms with van der Waals surface area (Å²) in [5, 5.41) is 18.7. The van der Waals surface area contributed by atoms with Crippen LogP contribution in [-0.2, 0) is 19.2 Å². The average Bonchev–Trinajstić information content (AvgIpc) is 2.69. The maximum Gasteiger partial charge on any atom is 0.142 e. The van der Waals surface area contributed by atoms with Crippen molar-refractivity contribution < 1.29 is 29.5 Å². The molecule has 0 aromatic carbocycles. The predicted molar refractivity (Wildman–Crippen MR) is 106 cm³/mol. The molecule has 9 fully saturated rings. The first kappa shape index (κ1) is 19.2. The van der Waals surface area contributed by atoms with Gasteiger partial charge in [-0.1, -0.05) is 0 Å². The number of ether oxygens (including phenoxy) is 2. The summed E-state index contributed by atoms with van der Waals surface area (Å²) in [4.78, 5) is 12.7. The van der Waals surface area contributed by atoms with Gasteiger partial charge in [-0.3, -0.25) is 0 Å². The minimum atomic E-state index is -0.128. The second-order valence-corrected chi connectivity index (χ2v) is 12.0. The summed E-state index contributed by atoms with van der Waals surface area (Å²) in [6.45, 7) is 1.13. The molecule has 30 heavy (non-hydrogen) atoms. The molecule has 0 aromatic rings. The minimum absolute atomic E-state index is 0.0397. The highest BCUT2D eigenvalue weighted by Gasteiger charge is 2.83. The second-order valence-electron chi connectivity index (χ2n) is 12.0.